The first-order valence-electron chi connectivity index (χ1n) is 8.99. The van der Waals surface area contributed by atoms with E-state index < -0.39 is 0 Å². The Balaban J connectivity index is 1.89. The van der Waals surface area contributed by atoms with Gasteiger partial charge < -0.3 is 19.9 Å². The molecule has 2 heterocycles. The first-order chi connectivity index (χ1) is 12.9. The van der Waals surface area contributed by atoms with Crippen molar-refractivity contribution in [1.29, 1.82) is 0 Å². The molecule has 3 rings (SSSR count). The van der Waals surface area contributed by atoms with E-state index in [4.69, 9.17) is 4.74 Å². The first kappa shape index (κ1) is 19.4. The molecule has 0 unspecified atom stereocenters. The van der Waals surface area contributed by atoms with Gasteiger partial charge >= 0.3 is 5.97 Å². The first-order valence-corrected chi connectivity index (χ1v) is 9.81. The van der Waals surface area contributed by atoms with E-state index in [0.717, 1.165) is 35.6 Å². The molecule has 0 bridgehead atoms. The number of amides is 1. The monoisotopic (exact) mass is 387 g/mol. The maximum atomic E-state index is 12.7. The quantitative estimate of drug-likeness (QED) is 0.798. The Labute approximate surface area is 163 Å². The molecule has 1 aliphatic heterocycles. The minimum absolute atomic E-state index is 0.224. The summed E-state index contributed by atoms with van der Waals surface area (Å²) in [4.78, 5) is 30.6. The number of carbonyl (C=O) groups excluding carboxylic acids is 2. The summed E-state index contributed by atoms with van der Waals surface area (Å²) in [6.45, 7) is 3.76. The summed E-state index contributed by atoms with van der Waals surface area (Å²) < 4.78 is 5.25. The highest BCUT2D eigenvalue weighted by Crippen LogP contribution is 2.37. The van der Waals surface area contributed by atoms with Crippen molar-refractivity contribution in [2.45, 2.75) is 19.9 Å². The summed E-state index contributed by atoms with van der Waals surface area (Å²) in [7, 11) is 5.96. The molecular weight excluding hydrogens is 362 g/mol. The van der Waals surface area contributed by atoms with E-state index in [1.807, 2.05) is 31.1 Å². The van der Waals surface area contributed by atoms with Crippen LogP contribution in [0, 0.1) is 0 Å². The van der Waals surface area contributed by atoms with Crippen molar-refractivity contribution in [1.82, 2.24) is 4.90 Å². The molecule has 6 nitrogen and oxygen atoms in total. The number of rotatable bonds is 5. The van der Waals surface area contributed by atoms with Gasteiger partial charge in [0, 0.05) is 43.3 Å². The van der Waals surface area contributed by atoms with E-state index in [1.54, 1.807) is 19.1 Å². The van der Waals surface area contributed by atoms with Crippen LogP contribution in [0.25, 0.3) is 0 Å². The minimum atomic E-state index is -0.363. The molecule has 0 fully saturated rings. The van der Waals surface area contributed by atoms with E-state index in [9.17, 15) is 9.59 Å². The van der Waals surface area contributed by atoms with Crippen molar-refractivity contribution in [3.63, 3.8) is 0 Å². The van der Waals surface area contributed by atoms with E-state index in [0.29, 0.717) is 22.7 Å². The second-order valence-electron chi connectivity index (χ2n) is 6.81. The fourth-order valence-electron chi connectivity index (χ4n) is 3.12. The minimum Gasteiger partial charge on any atom is -0.462 e. The lowest BCUT2D eigenvalue weighted by Crippen LogP contribution is -2.26. The van der Waals surface area contributed by atoms with Crippen LogP contribution in [0.15, 0.2) is 24.3 Å². The molecule has 0 spiro atoms. The summed E-state index contributed by atoms with van der Waals surface area (Å²) in [6, 6.07) is 7.37. The maximum Gasteiger partial charge on any atom is 0.341 e. The number of ether oxygens (including phenoxy) is 1. The van der Waals surface area contributed by atoms with Crippen LogP contribution >= 0.6 is 11.3 Å². The molecule has 1 aromatic carbocycles. The number of likely N-dealkylation sites (N-methyl/N-ethyl adjacent to an activating group) is 1. The van der Waals surface area contributed by atoms with Crippen molar-refractivity contribution in [2.75, 3.05) is 44.5 Å². The number of hydrogen-bond acceptors (Lipinski definition) is 6. The van der Waals surface area contributed by atoms with Gasteiger partial charge in [-0.1, -0.05) is 0 Å². The van der Waals surface area contributed by atoms with Gasteiger partial charge in [0.25, 0.3) is 5.91 Å². The van der Waals surface area contributed by atoms with E-state index in [1.165, 1.54) is 11.3 Å². The van der Waals surface area contributed by atoms with Crippen molar-refractivity contribution < 1.29 is 14.3 Å². The normalized spacial score (nSPS) is 13.8. The predicted octanol–water partition coefficient (Wildman–Crippen LogP) is 3.23. The Bertz CT molecular complexity index is 843. The lowest BCUT2D eigenvalue weighted by molar-refractivity contribution is 0.0526. The number of benzene rings is 1. The summed E-state index contributed by atoms with van der Waals surface area (Å²) >= 11 is 1.47. The second-order valence-corrected chi connectivity index (χ2v) is 7.92. The van der Waals surface area contributed by atoms with Gasteiger partial charge in [0.15, 0.2) is 0 Å². The molecule has 0 radical (unpaired) electrons. The average molecular weight is 388 g/mol. The van der Waals surface area contributed by atoms with Crippen LogP contribution in [0.2, 0.25) is 0 Å². The van der Waals surface area contributed by atoms with Crippen LogP contribution in [0.5, 0.6) is 0 Å². The molecule has 0 saturated carbocycles. The molecule has 1 aromatic heterocycles. The standard InChI is InChI=1S/C20H25N3O3S/c1-5-26-20(25)17-15-10-11-23(4)12-16(15)27-19(17)21-18(24)13-6-8-14(9-7-13)22(2)3/h6-9H,5,10-12H2,1-4H3,(H,21,24). The summed E-state index contributed by atoms with van der Waals surface area (Å²) in [5.41, 5.74) is 3.10. The number of fused-ring (bicyclic) bond motifs is 1. The smallest absolute Gasteiger partial charge is 0.341 e. The third-order valence-electron chi connectivity index (χ3n) is 4.60. The molecule has 27 heavy (non-hydrogen) atoms. The van der Waals surface area contributed by atoms with E-state index in [-0.39, 0.29) is 11.9 Å². The van der Waals surface area contributed by atoms with Crippen LogP contribution in [-0.2, 0) is 17.7 Å². The van der Waals surface area contributed by atoms with Crippen molar-refractivity contribution in [2.24, 2.45) is 0 Å². The molecule has 1 aliphatic rings. The zero-order chi connectivity index (χ0) is 19.6. The Morgan fingerprint density at radius 1 is 1.26 bits per heavy atom. The Hall–Kier alpha value is -2.38. The second kappa shape index (κ2) is 8.10. The number of esters is 1. The van der Waals surface area contributed by atoms with Crippen LogP contribution in [-0.4, -0.2) is 51.1 Å². The molecule has 0 aliphatic carbocycles. The fraction of sp³-hybridized carbons (Fsp3) is 0.400. The van der Waals surface area contributed by atoms with Crippen molar-refractivity contribution in [3.8, 4) is 0 Å². The van der Waals surface area contributed by atoms with Gasteiger partial charge in [0.1, 0.15) is 5.00 Å². The van der Waals surface area contributed by atoms with Gasteiger partial charge in [-0.3, -0.25) is 4.79 Å². The summed E-state index contributed by atoms with van der Waals surface area (Å²) in [5, 5.41) is 3.51. The number of thiophene rings is 1. The molecular formula is C20H25N3O3S. The van der Waals surface area contributed by atoms with Crippen LogP contribution in [0.3, 0.4) is 0 Å². The van der Waals surface area contributed by atoms with Gasteiger partial charge in [-0.2, -0.15) is 0 Å². The third-order valence-corrected chi connectivity index (χ3v) is 5.73. The van der Waals surface area contributed by atoms with Crippen LogP contribution in [0.4, 0.5) is 10.7 Å². The van der Waals surface area contributed by atoms with Crippen molar-refractivity contribution >= 4 is 33.9 Å². The molecule has 1 N–H and O–H groups in total. The Morgan fingerprint density at radius 3 is 2.59 bits per heavy atom. The lowest BCUT2D eigenvalue weighted by atomic mass is 10.0. The van der Waals surface area contributed by atoms with Gasteiger partial charge in [-0.25, -0.2) is 4.79 Å². The zero-order valence-electron chi connectivity index (χ0n) is 16.2. The van der Waals surface area contributed by atoms with Gasteiger partial charge in [-0.15, -0.1) is 11.3 Å². The zero-order valence-corrected chi connectivity index (χ0v) is 17.0. The van der Waals surface area contributed by atoms with Gasteiger partial charge in [0.2, 0.25) is 0 Å². The summed E-state index contributed by atoms with van der Waals surface area (Å²) in [5.74, 6) is -0.587. The SMILES string of the molecule is CCOC(=O)c1c(NC(=O)c2ccc(N(C)C)cc2)sc2c1CCN(C)C2. The predicted molar refractivity (Wildman–Crippen MR) is 109 cm³/mol. The number of carbonyl (C=O) groups is 2. The van der Waals surface area contributed by atoms with Crippen LogP contribution in [0.1, 0.15) is 38.1 Å². The lowest BCUT2D eigenvalue weighted by Gasteiger charge is -2.22. The number of nitrogens with one attached hydrogen (secondary N) is 1. The highest BCUT2D eigenvalue weighted by atomic mass is 32.1. The van der Waals surface area contributed by atoms with Gasteiger partial charge in [-0.05, 0) is 50.2 Å². The number of nitrogens with zero attached hydrogens (tertiary/aromatic N) is 2. The fourth-order valence-corrected chi connectivity index (χ4v) is 4.44. The molecule has 0 saturated heterocycles. The molecule has 144 valence electrons. The highest BCUT2D eigenvalue weighted by molar-refractivity contribution is 7.17. The molecule has 0 atom stereocenters. The van der Waals surface area contributed by atoms with Gasteiger partial charge in [0.05, 0.1) is 12.2 Å². The maximum absolute atomic E-state index is 12.7. The highest BCUT2D eigenvalue weighted by Gasteiger charge is 2.28. The Kier molecular flexibility index (Phi) is 5.82. The molecule has 7 heteroatoms. The largest absolute Gasteiger partial charge is 0.462 e. The van der Waals surface area contributed by atoms with E-state index in [2.05, 4.69) is 17.3 Å². The Morgan fingerprint density at radius 2 is 1.96 bits per heavy atom. The summed E-state index contributed by atoms with van der Waals surface area (Å²) in [6.07, 6.45) is 0.782. The molecule has 1 amide bonds. The number of hydrogen-bond donors (Lipinski definition) is 1. The van der Waals surface area contributed by atoms with Crippen LogP contribution < -0.4 is 10.2 Å². The number of anilines is 2. The molecule has 2 aromatic rings. The topological polar surface area (TPSA) is 61.9 Å². The van der Waals surface area contributed by atoms with E-state index >= 15 is 0 Å². The average Bonchev–Trinajstić information content (AvgIpc) is 2.98. The van der Waals surface area contributed by atoms with Crippen molar-refractivity contribution in [3.05, 3.63) is 45.8 Å². The third kappa shape index (κ3) is 4.14.